The van der Waals surface area contributed by atoms with Crippen LogP contribution in [0.5, 0.6) is 0 Å². The number of hydrogen-bond acceptors (Lipinski definition) is 3. The number of nitrogens with one attached hydrogen (secondary N) is 1. The summed E-state index contributed by atoms with van der Waals surface area (Å²) in [5, 5.41) is 4.55. The Bertz CT molecular complexity index is 449. The smallest absolute Gasteiger partial charge is 0.427 e. The van der Waals surface area contributed by atoms with E-state index in [0.717, 1.165) is 10.0 Å². The third kappa shape index (κ3) is 4.36. The van der Waals surface area contributed by atoms with Crippen molar-refractivity contribution in [2.24, 2.45) is 5.10 Å². The van der Waals surface area contributed by atoms with Gasteiger partial charge in [-0.05, 0) is 26.0 Å². The molecule has 0 saturated heterocycles. The Morgan fingerprint density at radius 1 is 1.59 bits per heavy atom. The van der Waals surface area contributed by atoms with Crippen molar-refractivity contribution in [3.05, 3.63) is 33.3 Å². The van der Waals surface area contributed by atoms with Crippen LogP contribution in [0.1, 0.15) is 19.4 Å². The third-order valence-corrected chi connectivity index (χ3v) is 2.80. The number of ether oxygens (including phenoxy) is 1. The standard InChI is InChI=1S/C11H12BrClN2O2/c1-3-17-11(16)15-14-7(2)9-5-4-8(13)6-10(9)12/h4-6H,3H2,1-2H3,(H,15,16)/b14-7+. The van der Waals surface area contributed by atoms with Gasteiger partial charge in [-0.2, -0.15) is 5.10 Å². The molecule has 0 fully saturated rings. The molecule has 0 radical (unpaired) electrons. The maximum atomic E-state index is 11.0. The number of rotatable bonds is 3. The van der Waals surface area contributed by atoms with Crippen LogP contribution in [0.15, 0.2) is 27.8 Å². The molecule has 6 heteroatoms. The minimum atomic E-state index is -0.572. The molecule has 1 rings (SSSR count). The molecule has 0 heterocycles. The van der Waals surface area contributed by atoms with Crippen LogP contribution < -0.4 is 5.43 Å². The topological polar surface area (TPSA) is 50.7 Å². The Balaban J connectivity index is 2.78. The fourth-order valence-corrected chi connectivity index (χ4v) is 2.11. The van der Waals surface area contributed by atoms with Crippen LogP contribution in [0.3, 0.4) is 0 Å². The summed E-state index contributed by atoms with van der Waals surface area (Å²) in [4.78, 5) is 11.0. The van der Waals surface area contributed by atoms with E-state index in [1.54, 1.807) is 26.0 Å². The lowest BCUT2D eigenvalue weighted by Gasteiger charge is -2.05. The van der Waals surface area contributed by atoms with Gasteiger partial charge in [-0.15, -0.1) is 0 Å². The van der Waals surface area contributed by atoms with Gasteiger partial charge in [0.15, 0.2) is 0 Å². The quantitative estimate of drug-likeness (QED) is 0.684. The molecule has 0 aliphatic heterocycles. The first-order valence-electron chi connectivity index (χ1n) is 4.97. The van der Waals surface area contributed by atoms with Gasteiger partial charge in [-0.3, -0.25) is 0 Å². The number of amides is 1. The van der Waals surface area contributed by atoms with Crippen LogP contribution in [0, 0.1) is 0 Å². The zero-order chi connectivity index (χ0) is 12.8. The average molecular weight is 320 g/mol. The Hall–Kier alpha value is -1.07. The summed E-state index contributed by atoms with van der Waals surface area (Å²) in [6, 6.07) is 5.34. The van der Waals surface area contributed by atoms with Crippen molar-refractivity contribution in [2.45, 2.75) is 13.8 Å². The van der Waals surface area contributed by atoms with E-state index in [0.29, 0.717) is 17.3 Å². The summed E-state index contributed by atoms with van der Waals surface area (Å²) in [6.07, 6.45) is -0.572. The first-order valence-corrected chi connectivity index (χ1v) is 6.14. The molecule has 4 nitrogen and oxygen atoms in total. The number of halogens is 2. The molecule has 0 aliphatic carbocycles. The van der Waals surface area contributed by atoms with E-state index in [-0.39, 0.29) is 0 Å². The number of nitrogens with zero attached hydrogens (tertiary/aromatic N) is 1. The summed E-state index contributed by atoms with van der Waals surface area (Å²) in [5.74, 6) is 0. The van der Waals surface area contributed by atoms with Crippen molar-refractivity contribution in [1.82, 2.24) is 5.43 Å². The van der Waals surface area contributed by atoms with E-state index in [4.69, 9.17) is 11.6 Å². The highest BCUT2D eigenvalue weighted by molar-refractivity contribution is 9.10. The van der Waals surface area contributed by atoms with Crippen molar-refractivity contribution in [2.75, 3.05) is 6.61 Å². The summed E-state index contributed by atoms with van der Waals surface area (Å²) in [7, 11) is 0. The first kappa shape index (κ1) is 14.0. The van der Waals surface area contributed by atoms with E-state index in [9.17, 15) is 4.79 Å². The number of hydrogen-bond donors (Lipinski definition) is 1. The molecule has 0 saturated carbocycles. The number of hydrazone groups is 1. The van der Waals surface area contributed by atoms with Crippen LogP contribution >= 0.6 is 27.5 Å². The molecule has 0 bridgehead atoms. The van der Waals surface area contributed by atoms with E-state index < -0.39 is 6.09 Å². The lowest BCUT2D eigenvalue weighted by Crippen LogP contribution is -2.20. The molecule has 0 unspecified atom stereocenters. The molecule has 17 heavy (non-hydrogen) atoms. The minimum Gasteiger partial charge on any atom is -0.449 e. The Morgan fingerprint density at radius 2 is 2.29 bits per heavy atom. The normalized spacial score (nSPS) is 11.2. The van der Waals surface area contributed by atoms with Crippen LogP contribution in [0.4, 0.5) is 4.79 Å². The molecule has 1 amide bonds. The van der Waals surface area contributed by atoms with Gasteiger partial charge in [0.2, 0.25) is 0 Å². The Kier molecular flexibility index (Phi) is 5.44. The molecule has 92 valence electrons. The van der Waals surface area contributed by atoms with E-state index in [1.165, 1.54) is 0 Å². The maximum Gasteiger partial charge on any atom is 0.427 e. The first-order chi connectivity index (χ1) is 8.04. The summed E-state index contributed by atoms with van der Waals surface area (Å²) in [6.45, 7) is 3.82. The average Bonchev–Trinajstić information content (AvgIpc) is 2.26. The maximum absolute atomic E-state index is 11.0. The summed E-state index contributed by atoms with van der Waals surface area (Å²) in [5.41, 5.74) is 3.80. The van der Waals surface area contributed by atoms with Gasteiger partial charge >= 0.3 is 6.09 Å². The highest BCUT2D eigenvalue weighted by Gasteiger charge is 2.05. The largest absolute Gasteiger partial charge is 0.449 e. The van der Waals surface area contributed by atoms with Crippen molar-refractivity contribution in [3.63, 3.8) is 0 Å². The van der Waals surface area contributed by atoms with Gasteiger partial charge in [0.05, 0.1) is 12.3 Å². The Morgan fingerprint density at radius 3 is 2.88 bits per heavy atom. The second-order valence-corrected chi connectivity index (χ2v) is 4.44. The number of benzene rings is 1. The molecule has 1 N–H and O–H groups in total. The SMILES string of the molecule is CCOC(=O)N/N=C(\C)c1ccc(Cl)cc1Br. The summed E-state index contributed by atoms with van der Waals surface area (Å²) < 4.78 is 5.50. The van der Waals surface area contributed by atoms with Crippen molar-refractivity contribution in [3.8, 4) is 0 Å². The lowest BCUT2D eigenvalue weighted by molar-refractivity contribution is 0.152. The van der Waals surface area contributed by atoms with Crippen molar-refractivity contribution in [1.29, 1.82) is 0 Å². The molecule has 0 spiro atoms. The molecule has 0 aromatic heterocycles. The summed E-state index contributed by atoms with van der Waals surface area (Å²) >= 11 is 9.21. The van der Waals surface area contributed by atoms with Gasteiger partial charge in [0, 0.05) is 15.1 Å². The van der Waals surface area contributed by atoms with Crippen molar-refractivity contribution >= 4 is 39.3 Å². The Labute approximate surface area is 113 Å². The lowest BCUT2D eigenvalue weighted by atomic mass is 10.1. The fraction of sp³-hybridized carbons (Fsp3) is 0.273. The van der Waals surface area contributed by atoms with Crippen LogP contribution in [-0.4, -0.2) is 18.4 Å². The predicted octanol–water partition coefficient (Wildman–Crippen LogP) is 3.57. The fourth-order valence-electron chi connectivity index (χ4n) is 1.14. The second kappa shape index (κ2) is 6.61. The second-order valence-electron chi connectivity index (χ2n) is 3.15. The van der Waals surface area contributed by atoms with E-state index in [1.807, 2.05) is 6.07 Å². The predicted molar refractivity (Wildman–Crippen MR) is 71.5 cm³/mol. The zero-order valence-corrected chi connectivity index (χ0v) is 11.8. The van der Waals surface area contributed by atoms with Crippen LogP contribution in [-0.2, 0) is 4.74 Å². The van der Waals surface area contributed by atoms with Crippen LogP contribution in [0.2, 0.25) is 5.02 Å². The minimum absolute atomic E-state index is 0.311. The highest BCUT2D eigenvalue weighted by Crippen LogP contribution is 2.21. The van der Waals surface area contributed by atoms with Crippen molar-refractivity contribution < 1.29 is 9.53 Å². The van der Waals surface area contributed by atoms with Gasteiger partial charge in [-0.25, -0.2) is 10.2 Å². The van der Waals surface area contributed by atoms with E-state index >= 15 is 0 Å². The monoisotopic (exact) mass is 318 g/mol. The zero-order valence-electron chi connectivity index (χ0n) is 9.46. The van der Waals surface area contributed by atoms with Crippen LogP contribution in [0.25, 0.3) is 0 Å². The molecular formula is C11H12BrClN2O2. The van der Waals surface area contributed by atoms with Gasteiger partial charge in [-0.1, -0.05) is 33.6 Å². The van der Waals surface area contributed by atoms with Gasteiger partial charge < -0.3 is 4.74 Å². The van der Waals surface area contributed by atoms with Gasteiger partial charge in [0.25, 0.3) is 0 Å². The molecule has 0 atom stereocenters. The van der Waals surface area contributed by atoms with E-state index in [2.05, 4.69) is 31.2 Å². The molecule has 1 aromatic carbocycles. The van der Waals surface area contributed by atoms with Gasteiger partial charge in [0.1, 0.15) is 0 Å². The molecule has 0 aliphatic rings. The molecule has 1 aromatic rings. The highest BCUT2D eigenvalue weighted by atomic mass is 79.9. The third-order valence-electron chi connectivity index (χ3n) is 1.91. The number of carbonyl (C=O) groups excluding carboxylic acids is 1. The number of carbonyl (C=O) groups is 1. The molecular weight excluding hydrogens is 307 g/mol.